The van der Waals surface area contributed by atoms with Crippen molar-refractivity contribution in [1.29, 1.82) is 0 Å². The molecule has 2 aromatic rings. The molecule has 0 spiro atoms. The van der Waals surface area contributed by atoms with Crippen molar-refractivity contribution in [3.8, 4) is 5.75 Å². The molecule has 0 aromatic heterocycles. The highest BCUT2D eigenvalue weighted by atomic mass is 35.5. The topological polar surface area (TPSA) is 123 Å². The number of carbonyl (C=O) groups excluding carboxylic acids is 4. The van der Waals surface area contributed by atoms with Crippen LogP contribution in [0.15, 0.2) is 30.3 Å². The maximum Gasteiger partial charge on any atom is 0.407 e. The van der Waals surface area contributed by atoms with Gasteiger partial charge in [-0.25, -0.2) is 13.6 Å². The molecule has 0 saturated carbocycles. The van der Waals surface area contributed by atoms with E-state index in [0.29, 0.717) is 30.8 Å². The summed E-state index contributed by atoms with van der Waals surface area (Å²) < 4.78 is 65.3. The summed E-state index contributed by atoms with van der Waals surface area (Å²) in [5.74, 6) is -11.4. The lowest BCUT2D eigenvalue weighted by Crippen LogP contribution is -2.53. The molecule has 240 valence electrons. The minimum atomic E-state index is -1.83. The molecule has 3 amide bonds. The van der Waals surface area contributed by atoms with Gasteiger partial charge in [0.05, 0.1) is 12.6 Å². The summed E-state index contributed by atoms with van der Waals surface area (Å²) in [7, 11) is 0. The first kappa shape index (κ1) is 34.6. The third kappa shape index (κ3) is 10.1. The largest absolute Gasteiger partial charge is 0.479 e. The molecule has 9 nitrogen and oxygen atoms in total. The number of amides is 3. The van der Waals surface area contributed by atoms with Crippen molar-refractivity contribution in [3.63, 3.8) is 0 Å². The van der Waals surface area contributed by atoms with E-state index in [1.54, 1.807) is 26.0 Å². The first-order valence-electron chi connectivity index (χ1n) is 14.1. The summed E-state index contributed by atoms with van der Waals surface area (Å²) in [6.07, 6.45) is 0.546. The monoisotopic (exact) mass is 643 g/mol. The van der Waals surface area contributed by atoms with Gasteiger partial charge in [-0.3, -0.25) is 14.4 Å². The maximum atomic E-state index is 14.0. The summed E-state index contributed by atoms with van der Waals surface area (Å²) >= 11 is 5.98. The van der Waals surface area contributed by atoms with E-state index in [0.717, 1.165) is 5.56 Å². The van der Waals surface area contributed by atoms with Crippen LogP contribution in [0.25, 0.3) is 0 Å². The van der Waals surface area contributed by atoms with E-state index in [1.165, 1.54) is 0 Å². The summed E-state index contributed by atoms with van der Waals surface area (Å²) in [6, 6.07) is 4.69. The average Bonchev–Trinajstić information content (AvgIpc) is 3.37. The number of alkyl carbamates (subject to hydrolysis) is 1. The molecule has 1 saturated heterocycles. The highest BCUT2D eigenvalue weighted by Gasteiger charge is 2.34. The highest BCUT2D eigenvalue weighted by molar-refractivity contribution is 6.30. The second kappa shape index (κ2) is 16.3. The third-order valence-corrected chi connectivity index (χ3v) is 7.10. The average molecular weight is 644 g/mol. The SMILES string of the molecule is CC(C)C[C@H](NC(=O)OCCCc1cccc(Cl)c1)C(=O)N[C@@H](C[C@@H]1CCNC1=O)C(=O)COc1c(F)c(F)cc(F)c1F. The van der Waals surface area contributed by atoms with Crippen LogP contribution in [-0.2, 0) is 25.5 Å². The van der Waals surface area contributed by atoms with Crippen molar-refractivity contribution in [2.75, 3.05) is 19.8 Å². The molecular formula is C30H34ClF4N3O6. The number of benzene rings is 2. The van der Waals surface area contributed by atoms with Gasteiger partial charge < -0.3 is 25.4 Å². The lowest BCUT2D eigenvalue weighted by molar-refractivity contribution is -0.131. The molecule has 1 aliphatic rings. The number of hydrogen-bond acceptors (Lipinski definition) is 6. The standard InChI is InChI=1S/C30H34ClF4N3O6/c1-16(2)11-23(38-30(42)43-10-4-6-17-5-3-7-19(31)12-17)29(41)37-22(13-18-8-9-36-28(18)40)24(39)15-44-27-25(34)20(32)14-21(33)26(27)35/h3,5,7,12,14,16,18,22-23H,4,6,8-11,13,15H2,1-2H3,(H,36,40)(H,37,41)(H,38,42)/t18-,22-,23-/m0/s1. The van der Waals surface area contributed by atoms with E-state index in [1.807, 2.05) is 12.1 Å². The fourth-order valence-corrected chi connectivity index (χ4v) is 4.85. The van der Waals surface area contributed by atoms with Crippen molar-refractivity contribution in [2.24, 2.45) is 11.8 Å². The Morgan fingerprint density at radius 3 is 2.36 bits per heavy atom. The van der Waals surface area contributed by atoms with Crippen LogP contribution in [0, 0.1) is 35.1 Å². The summed E-state index contributed by atoms with van der Waals surface area (Å²) in [4.78, 5) is 51.1. The van der Waals surface area contributed by atoms with Gasteiger partial charge in [-0.05, 0) is 55.7 Å². The number of nitrogens with one attached hydrogen (secondary N) is 3. The summed E-state index contributed by atoms with van der Waals surface area (Å²) in [5, 5.41) is 8.17. The van der Waals surface area contributed by atoms with E-state index in [4.69, 9.17) is 21.1 Å². The molecule has 2 aromatic carbocycles. The quantitative estimate of drug-likeness (QED) is 0.148. The van der Waals surface area contributed by atoms with E-state index in [9.17, 15) is 36.7 Å². The molecular weight excluding hydrogens is 610 g/mol. The van der Waals surface area contributed by atoms with Crippen LogP contribution in [0.1, 0.15) is 45.1 Å². The van der Waals surface area contributed by atoms with Crippen molar-refractivity contribution >= 4 is 35.3 Å². The number of rotatable bonds is 15. The van der Waals surface area contributed by atoms with Crippen LogP contribution < -0.4 is 20.7 Å². The number of ketones is 1. The fourth-order valence-electron chi connectivity index (χ4n) is 4.64. The normalized spacial score (nSPS) is 15.8. The van der Waals surface area contributed by atoms with Crippen molar-refractivity contribution in [3.05, 3.63) is 64.2 Å². The molecule has 3 rings (SSSR count). The molecule has 1 heterocycles. The Morgan fingerprint density at radius 1 is 1.05 bits per heavy atom. The molecule has 0 bridgehead atoms. The third-order valence-electron chi connectivity index (χ3n) is 6.87. The Balaban J connectivity index is 1.65. The number of halogens is 5. The predicted molar refractivity (Wildman–Crippen MR) is 152 cm³/mol. The van der Waals surface area contributed by atoms with Crippen molar-refractivity contribution in [1.82, 2.24) is 16.0 Å². The summed E-state index contributed by atoms with van der Waals surface area (Å²) in [6.45, 7) is 2.93. The van der Waals surface area contributed by atoms with Crippen LogP contribution in [0.5, 0.6) is 5.75 Å². The minimum Gasteiger partial charge on any atom is -0.479 e. The molecule has 0 aliphatic carbocycles. The van der Waals surface area contributed by atoms with E-state index in [2.05, 4.69) is 16.0 Å². The Morgan fingerprint density at radius 2 is 1.75 bits per heavy atom. The molecule has 1 aliphatic heterocycles. The van der Waals surface area contributed by atoms with E-state index < -0.39 is 71.4 Å². The lowest BCUT2D eigenvalue weighted by atomic mass is 9.95. The number of Topliss-reactive ketones (excluding diaryl/α,β-unsaturated/α-hetero) is 1. The molecule has 1 fully saturated rings. The van der Waals surface area contributed by atoms with Crippen LogP contribution >= 0.6 is 11.6 Å². The smallest absolute Gasteiger partial charge is 0.407 e. The zero-order valence-electron chi connectivity index (χ0n) is 24.2. The van der Waals surface area contributed by atoms with Crippen molar-refractivity contribution in [2.45, 2.75) is 58.0 Å². The molecule has 0 radical (unpaired) electrons. The van der Waals surface area contributed by atoms with Gasteiger partial charge in [-0.2, -0.15) is 8.78 Å². The zero-order valence-corrected chi connectivity index (χ0v) is 24.9. The molecule has 3 N–H and O–H groups in total. The lowest BCUT2D eigenvalue weighted by Gasteiger charge is -2.25. The van der Waals surface area contributed by atoms with Gasteiger partial charge in [0.25, 0.3) is 0 Å². The summed E-state index contributed by atoms with van der Waals surface area (Å²) in [5.41, 5.74) is 0.960. The second-order valence-electron chi connectivity index (χ2n) is 10.8. The first-order valence-corrected chi connectivity index (χ1v) is 14.5. The molecule has 14 heteroatoms. The van der Waals surface area contributed by atoms with Gasteiger partial charge in [-0.1, -0.05) is 37.6 Å². The number of hydrogen-bond donors (Lipinski definition) is 3. The molecule has 3 atom stereocenters. The van der Waals surface area contributed by atoms with Gasteiger partial charge in [0.1, 0.15) is 12.6 Å². The van der Waals surface area contributed by atoms with Gasteiger partial charge >= 0.3 is 6.09 Å². The number of aryl methyl sites for hydroxylation is 1. The Hall–Kier alpha value is -3.87. The number of ether oxygens (including phenoxy) is 2. The van der Waals surface area contributed by atoms with Gasteiger partial charge in [0.2, 0.25) is 23.4 Å². The Kier molecular flexibility index (Phi) is 12.8. The van der Waals surface area contributed by atoms with Crippen molar-refractivity contribution < 1.29 is 46.2 Å². The Labute approximate surface area is 257 Å². The van der Waals surface area contributed by atoms with Crippen LogP contribution in [-0.4, -0.2) is 55.5 Å². The maximum absolute atomic E-state index is 14.0. The van der Waals surface area contributed by atoms with Crippen LogP contribution in [0.3, 0.4) is 0 Å². The van der Waals surface area contributed by atoms with Crippen LogP contribution in [0.4, 0.5) is 22.4 Å². The molecule has 44 heavy (non-hydrogen) atoms. The van der Waals surface area contributed by atoms with E-state index in [-0.39, 0.29) is 37.3 Å². The molecule has 0 unspecified atom stereocenters. The second-order valence-corrected chi connectivity index (χ2v) is 11.3. The fraction of sp³-hybridized carbons (Fsp3) is 0.467. The van der Waals surface area contributed by atoms with E-state index >= 15 is 0 Å². The Bertz CT molecular complexity index is 1340. The number of carbonyl (C=O) groups is 4. The van der Waals surface area contributed by atoms with Gasteiger partial charge in [-0.15, -0.1) is 0 Å². The zero-order chi connectivity index (χ0) is 32.4. The predicted octanol–water partition coefficient (Wildman–Crippen LogP) is 4.63. The first-order chi connectivity index (χ1) is 20.8. The highest BCUT2D eigenvalue weighted by Crippen LogP contribution is 2.27. The van der Waals surface area contributed by atoms with Gasteiger partial charge in [0, 0.05) is 23.6 Å². The van der Waals surface area contributed by atoms with Crippen LogP contribution in [0.2, 0.25) is 5.02 Å². The minimum absolute atomic E-state index is 0.00669. The van der Waals surface area contributed by atoms with Gasteiger partial charge in [0.15, 0.2) is 23.2 Å².